The van der Waals surface area contributed by atoms with Gasteiger partial charge in [0.2, 0.25) is 10.0 Å². The van der Waals surface area contributed by atoms with E-state index in [-0.39, 0.29) is 6.17 Å². The predicted octanol–water partition coefficient (Wildman–Crippen LogP) is 1.15. The first kappa shape index (κ1) is 10.4. The second kappa shape index (κ2) is 3.50. The molecule has 4 nitrogen and oxygen atoms in total. The Labute approximate surface area is 90.0 Å². The van der Waals surface area contributed by atoms with Crippen molar-refractivity contribution in [3.05, 3.63) is 24.3 Å². The van der Waals surface area contributed by atoms with Gasteiger partial charge in [0.05, 0.1) is 11.9 Å². The van der Waals surface area contributed by atoms with Crippen molar-refractivity contribution in [3.63, 3.8) is 0 Å². The third kappa shape index (κ3) is 1.61. The van der Waals surface area contributed by atoms with E-state index < -0.39 is 10.0 Å². The molecule has 0 saturated carbocycles. The van der Waals surface area contributed by atoms with Crippen LogP contribution >= 0.6 is 0 Å². The van der Waals surface area contributed by atoms with Crippen LogP contribution in [0.5, 0.6) is 0 Å². The van der Waals surface area contributed by atoms with Gasteiger partial charge in [-0.3, -0.25) is 0 Å². The van der Waals surface area contributed by atoms with Gasteiger partial charge in [-0.05, 0) is 26.0 Å². The van der Waals surface area contributed by atoms with Crippen molar-refractivity contribution in [2.24, 2.45) is 0 Å². The standard InChI is InChI=1S/C10H14N2O2S/c1-3-12-8(2)11-15(13,14)10-7-5-4-6-9(10)12/h4-8,11H,3H2,1-2H3. The van der Waals surface area contributed by atoms with E-state index in [2.05, 4.69) is 4.72 Å². The maximum Gasteiger partial charge on any atom is 0.244 e. The summed E-state index contributed by atoms with van der Waals surface area (Å²) in [6, 6.07) is 7.07. The molecule has 0 radical (unpaired) electrons. The third-order valence-corrected chi connectivity index (χ3v) is 4.17. The van der Waals surface area contributed by atoms with Crippen molar-refractivity contribution in [3.8, 4) is 0 Å². The Morgan fingerprint density at radius 2 is 2.07 bits per heavy atom. The zero-order valence-corrected chi connectivity index (χ0v) is 9.58. The molecule has 1 aliphatic heterocycles. The maximum atomic E-state index is 11.8. The zero-order chi connectivity index (χ0) is 11.1. The second-order valence-corrected chi connectivity index (χ2v) is 5.23. The fourth-order valence-electron chi connectivity index (χ4n) is 1.93. The predicted molar refractivity (Wildman–Crippen MR) is 59.2 cm³/mol. The van der Waals surface area contributed by atoms with Crippen molar-refractivity contribution in [1.29, 1.82) is 0 Å². The van der Waals surface area contributed by atoms with E-state index in [0.29, 0.717) is 4.90 Å². The number of sulfonamides is 1. The molecule has 0 amide bonds. The molecule has 0 spiro atoms. The van der Waals surface area contributed by atoms with Gasteiger partial charge in [-0.25, -0.2) is 8.42 Å². The molecular weight excluding hydrogens is 212 g/mol. The first-order chi connectivity index (χ1) is 7.06. The largest absolute Gasteiger partial charge is 0.354 e. The molecule has 15 heavy (non-hydrogen) atoms. The molecule has 1 aromatic rings. The SMILES string of the molecule is CCN1c2ccccc2S(=O)(=O)NC1C. The number of hydrogen-bond donors (Lipinski definition) is 1. The lowest BCUT2D eigenvalue weighted by molar-refractivity contribution is 0.535. The first-order valence-corrected chi connectivity index (χ1v) is 6.42. The molecule has 1 unspecified atom stereocenters. The lowest BCUT2D eigenvalue weighted by Gasteiger charge is -2.36. The Hall–Kier alpha value is -1.07. The van der Waals surface area contributed by atoms with Gasteiger partial charge < -0.3 is 4.90 Å². The van der Waals surface area contributed by atoms with E-state index in [4.69, 9.17) is 0 Å². The van der Waals surface area contributed by atoms with E-state index in [1.165, 1.54) is 0 Å². The van der Waals surface area contributed by atoms with Gasteiger partial charge in [-0.2, -0.15) is 4.72 Å². The highest BCUT2D eigenvalue weighted by molar-refractivity contribution is 7.89. The minimum Gasteiger partial charge on any atom is -0.354 e. The fraction of sp³-hybridized carbons (Fsp3) is 0.400. The molecule has 0 aromatic heterocycles. The van der Waals surface area contributed by atoms with E-state index in [1.807, 2.05) is 30.9 Å². The van der Waals surface area contributed by atoms with Gasteiger partial charge in [0.15, 0.2) is 0 Å². The smallest absolute Gasteiger partial charge is 0.244 e. The van der Waals surface area contributed by atoms with Gasteiger partial charge in [-0.1, -0.05) is 12.1 Å². The Balaban J connectivity index is 2.64. The van der Waals surface area contributed by atoms with Crippen LogP contribution < -0.4 is 9.62 Å². The second-order valence-electron chi connectivity index (χ2n) is 3.55. The molecule has 0 saturated heterocycles. The molecule has 1 aliphatic rings. The number of hydrogen-bond acceptors (Lipinski definition) is 3. The summed E-state index contributed by atoms with van der Waals surface area (Å²) in [5.74, 6) is 0. The average Bonchev–Trinajstić information content (AvgIpc) is 2.17. The lowest BCUT2D eigenvalue weighted by Crippen LogP contribution is -2.50. The fourth-order valence-corrected chi connectivity index (χ4v) is 3.35. The summed E-state index contributed by atoms with van der Waals surface area (Å²) in [4.78, 5) is 2.39. The first-order valence-electron chi connectivity index (χ1n) is 4.94. The van der Waals surface area contributed by atoms with Crippen LogP contribution in [-0.4, -0.2) is 21.1 Å². The van der Waals surface area contributed by atoms with Crippen LogP contribution in [-0.2, 0) is 10.0 Å². The topological polar surface area (TPSA) is 49.4 Å². The number of fused-ring (bicyclic) bond motifs is 1. The van der Waals surface area contributed by atoms with Crippen molar-refractivity contribution in [1.82, 2.24) is 4.72 Å². The van der Waals surface area contributed by atoms with Crippen LogP contribution in [0.15, 0.2) is 29.2 Å². The van der Waals surface area contributed by atoms with Crippen LogP contribution in [0.3, 0.4) is 0 Å². The zero-order valence-electron chi connectivity index (χ0n) is 8.77. The van der Waals surface area contributed by atoms with Crippen LogP contribution in [0.2, 0.25) is 0 Å². The highest BCUT2D eigenvalue weighted by atomic mass is 32.2. The molecule has 1 heterocycles. The summed E-state index contributed by atoms with van der Waals surface area (Å²) in [6.45, 7) is 4.63. The van der Waals surface area contributed by atoms with Gasteiger partial charge in [0.25, 0.3) is 0 Å². The molecule has 1 atom stereocenters. The molecule has 2 rings (SSSR count). The summed E-state index contributed by atoms with van der Waals surface area (Å²) < 4.78 is 26.2. The van der Waals surface area contributed by atoms with Crippen molar-refractivity contribution in [2.45, 2.75) is 24.9 Å². The summed E-state index contributed by atoms with van der Waals surface area (Å²) in [5.41, 5.74) is 0.784. The normalized spacial score (nSPS) is 23.6. The molecule has 0 fully saturated rings. The highest BCUT2D eigenvalue weighted by Gasteiger charge is 2.31. The molecular formula is C10H14N2O2S. The van der Waals surface area contributed by atoms with Gasteiger partial charge in [0, 0.05) is 6.54 Å². The third-order valence-electron chi connectivity index (χ3n) is 2.60. The molecule has 5 heteroatoms. The Kier molecular flexibility index (Phi) is 2.44. The molecule has 82 valence electrons. The molecule has 0 bridgehead atoms. The van der Waals surface area contributed by atoms with Crippen LogP contribution in [0.25, 0.3) is 0 Å². The number of benzene rings is 1. The number of rotatable bonds is 1. The highest BCUT2D eigenvalue weighted by Crippen LogP contribution is 2.29. The number of nitrogens with zero attached hydrogens (tertiary/aromatic N) is 1. The number of anilines is 1. The van der Waals surface area contributed by atoms with Gasteiger partial charge in [0.1, 0.15) is 4.90 Å². The maximum absolute atomic E-state index is 11.8. The van der Waals surface area contributed by atoms with E-state index in [9.17, 15) is 8.42 Å². The monoisotopic (exact) mass is 226 g/mol. The van der Waals surface area contributed by atoms with Gasteiger partial charge in [-0.15, -0.1) is 0 Å². The van der Waals surface area contributed by atoms with Gasteiger partial charge >= 0.3 is 0 Å². The number of nitrogens with one attached hydrogen (secondary N) is 1. The quantitative estimate of drug-likeness (QED) is 0.781. The summed E-state index contributed by atoms with van der Waals surface area (Å²) in [7, 11) is -3.33. The molecule has 0 aliphatic carbocycles. The summed E-state index contributed by atoms with van der Waals surface area (Å²) in [6.07, 6.45) is -0.185. The van der Waals surface area contributed by atoms with Crippen molar-refractivity contribution in [2.75, 3.05) is 11.4 Å². The van der Waals surface area contributed by atoms with Crippen molar-refractivity contribution < 1.29 is 8.42 Å². The van der Waals surface area contributed by atoms with E-state index >= 15 is 0 Å². The molecule has 1 aromatic carbocycles. The van der Waals surface area contributed by atoms with Crippen LogP contribution in [0, 0.1) is 0 Å². The summed E-state index contributed by atoms with van der Waals surface area (Å²) >= 11 is 0. The minimum absolute atomic E-state index is 0.185. The average molecular weight is 226 g/mol. The van der Waals surface area contributed by atoms with E-state index in [1.54, 1.807) is 12.1 Å². The molecule has 1 N–H and O–H groups in total. The number of para-hydroxylation sites is 1. The van der Waals surface area contributed by atoms with Crippen LogP contribution in [0.1, 0.15) is 13.8 Å². The summed E-state index contributed by atoms with van der Waals surface area (Å²) in [5, 5.41) is 0. The Morgan fingerprint density at radius 3 is 2.73 bits per heavy atom. The van der Waals surface area contributed by atoms with Crippen LogP contribution in [0.4, 0.5) is 5.69 Å². The lowest BCUT2D eigenvalue weighted by atomic mass is 10.2. The van der Waals surface area contributed by atoms with Crippen molar-refractivity contribution >= 4 is 15.7 Å². The Morgan fingerprint density at radius 1 is 1.40 bits per heavy atom. The van der Waals surface area contributed by atoms with E-state index in [0.717, 1.165) is 12.2 Å². The Bertz CT molecular complexity index is 470. The minimum atomic E-state index is -3.33.